The molecule has 1 amide bonds. The number of aliphatic hydroxyl groups excluding tert-OH is 1. The van der Waals surface area contributed by atoms with Crippen molar-refractivity contribution in [3.05, 3.63) is 104 Å². The highest BCUT2D eigenvalue weighted by Crippen LogP contribution is 2.44. The highest BCUT2D eigenvalue weighted by Gasteiger charge is 2.46. The molecule has 2 heterocycles. The minimum atomic E-state index is -1.39. The van der Waals surface area contributed by atoms with Crippen LogP contribution in [-0.4, -0.2) is 33.9 Å². The third kappa shape index (κ3) is 3.98. The number of hydrogen-bond donors (Lipinski definition) is 2. The molecule has 3 aromatic carbocycles. The number of furan rings is 1. The first-order valence-corrected chi connectivity index (χ1v) is 11.3. The van der Waals surface area contributed by atoms with Crippen LogP contribution in [0.15, 0.2) is 76.4 Å². The molecule has 1 aliphatic heterocycles. The predicted octanol–water partition coefficient (Wildman–Crippen LogP) is 5.63. The van der Waals surface area contributed by atoms with Crippen molar-refractivity contribution in [3.63, 3.8) is 0 Å². The molecule has 1 aliphatic rings. The second kappa shape index (κ2) is 9.20. The maximum Gasteiger partial charge on any atom is 0.311 e. The van der Waals surface area contributed by atoms with Crippen LogP contribution in [0.25, 0.3) is 11.0 Å². The summed E-state index contributed by atoms with van der Waals surface area (Å²) >= 11 is 6.11. The molecule has 1 unspecified atom stereocenters. The number of aliphatic hydroxyl groups is 1. The van der Waals surface area contributed by atoms with Crippen LogP contribution in [0, 0.1) is 15.9 Å². The molecule has 10 nitrogen and oxygen atoms in total. The highest BCUT2D eigenvalue weighted by molar-refractivity contribution is 6.31. The molecule has 0 aliphatic carbocycles. The Hall–Kier alpha value is -4.90. The number of carbonyl (C=O) groups is 2. The summed E-state index contributed by atoms with van der Waals surface area (Å²) in [7, 11) is 1.38. The van der Waals surface area contributed by atoms with E-state index in [1.54, 1.807) is 0 Å². The maximum absolute atomic E-state index is 13.8. The lowest BCUT2D eigenvalue weighted by molar-refractivity contribution is -0.385. The molecule has 0 fully saturated rings. The second-order valence-electron chi connectivity index (χ2n) is 8.29. The van der Waals surface area contributed by atoms with Crippen molar-refractivity contribution < 1.29 is 38.3 Å². The van der Waals surface area contributed by atoms with Crippen molar-refractivity contribution in [1.29, 1.82) is 0 Å². The number of nitro groups is 1. The molecular weight excluding hydrogens is 523 g/mol. The van der Waals surface area contributed by atoms with E-state index in [4.69, 9.17) is 20.8 Å². The lowest BCUT2D eigenvalue weighted by atomic mass is 9.94. The molecule has 0 saturated carbocycles. The fraction of sp³-hybridized carbons (Fsp3) is 0.0769. The number of anilines is 1. The molecule has 0 bridgehead atoms. The molecule has 192 valence electrons. The van der Waals surface area contributed by atoms with Crippen molar-refractivity contribution in [3.8, 4) is 11.5 Å². The topological polar surface area (TPSA) is 143 Å². The summed E-state index contributed by atoms with van der Waals surface area (Å²) < 4.78 is 24.6. The standard InChI is InChI=1S/C26H16ClFN2O8/c1-37-20-11-14(27)8-13-10-19(38-25(13)20)23(32)21-22(12-2-7-18(31)17(9-12)30(35)36)29(26(34)24(21)33)16-5-3-15(28)4-6-16/h2-11,22,31,33H,1H3. The lowest BCUT2D eigenvalue weighted by Crippen LogP contribution is -2.31. The van der Waals surface area contributed by atoms with Gasteiger partial charge in [0.05, 0.1) is 23.6 Å². The number of hydrogen-bond acceptors (Lipinski definition) is 8. The number of ketones is 1. The molecule has 12 heteroatoms. The average Bonchev–Trinajstić information content (AvgIpc) is 3.43. The molecular formula is C26H16ClFN2O8. The van der Waals surface area contributed by atoms with Crippen molar-refractivity contribution in [2.45, 2.75) is 6.04 Å². The number of amides is 1. The van der Waals surface area contributed by atoms with E-state index in [2.05, 4.69) is 0 Å². The summed E-state index contributed by atoms with van der Waals surface area (Å²) in [5.41, 5.74) is -0.809. The van der Waals surface area contributed by atoms with Gasteiger partial charge in [0.15, 0.2) is 28.6 Å². The minimum absolute atomic E-state index is 0.0244. The molecule has 4 aromatic rings. The van der Waals surface area contributed by atoms with Crippen LogP contribution in [0.4, 0.5) is 15.8 Å². The van der Waals surface area contributed by atoms with Gasteiger partial charge in [0.1, 0.15) is 5.82 Å². The number of nitro benzene ring substituents is 1. The molecule has 1 atom stereocenters. The first-order valence-electron chi connectivity index (χ1n) is 10.9. The van der Waals surface area contributed by atoms with E-state index in [9.17, 15) is 34.3 Å². The van der Waals surface area contributed by atoms with Crippen LogP contribution in [0.2, 0.25) is 5.02 Å². The number of aromatic hydroxyl groups is 1. The number of carbonyl (C=O) groups excluding carboxylic acids is 2. The number of fused-ring (bicyclic) bond motifs is 1. The SMILES string of the molecule is COc1cc(Cl)cc2cc(C(=O)C3=C(O)C(=O)N(c4ccc(F)cc4)C3c3ccc(O)c([N+](=O)[O-])c3)oc12. The number of phenolic OH excluding ortho intramolecular Hbond substituents is 1. The zero-order valence-electron chi connectivity index (χ0n) is 19.3. The molecule has 2 N–H and O–H groups in total. The zero-order valence-corrected chi connectivity index (χ0v) is 20.1. The maximum atomic E-state index is 13.8. The summed E-state index contributed by atoms with van der Waals surface area (Å²) in [6.45, 7) is 0. The number of ether oxygens (including phenoxy) is 1. The quantitative estimate of drug-likeness (QED) is 0.182. The summed E-state index contributed by atoms with van der Waals surface area (Å²) in [5, 5.41) is 33.0. The van der Waals surface area contributed by atoms with Crippen LogP contribution >= 0.6 is 11.6 Å². The van der Waals surface area contributed by atoms with E-state index in [-0.39, 0.29) is 28.3 Å². The average molecular weight is 539 g/mol. The number of nitrogens with zero attached hydrogens (tertiary/aromatic N) is 2. The Labute approximate surface area is 217 Å². The number of rotatable bonds is 6. The van der Waals surface area contributed by atoms with Gasteiger partial charge in [0.25, 0.3) is 5.91 Å². The van der Waals surface area contributed by atoms with Gasteiger partial charge in [0.2, 0.25) is 5.78 Å². The van der Waals surface area contributed by atoms with Crippen molar-refractivity contribution in [1.82, 2.24) is 0 Å². The Bertz CT molecular complexity index is 1680. The number of methoxy groups -OCH3 is 1. The van der Waals surface area contributed by atoms with Gasteiger partial charge < -0.3 is 19.4 Å². The van der Waals surface area contributed by atoms with E-state index in [1.165, 1.54) is 43.5 Å². The zero-order chi connectivity index (χ0) is 27.3. The van der Waals surface area contributed by atoms with Crippen molar-refractivity contribution >= 4 is 45.6 Å². The minimum Gasteiger partial charge on any atom is -0.503 e. The third-order valence-corrected chi connectivity index (χ3v) is 6.28. The molecule has 0 saturated heterocycles. The fourth-order valence-electron chi connectivity index (χ4n) is 4.36. The van der Waals surface area contributed by atoms with E-state index < -0.39 is 51.2 Å². The van der Waals surface area contributed by atoms with Gasteiger partial charge >= 0.3 is 5.69 Å². The smallest absolute Gasteiger partial charge is 0.311 e. The van der Waals surface area contributed by atoms with Gasteiger partial charge in [-0.2, -0.15) is 0 Å². The summed E-state index contributed by atoms with van der Waals surface area (Å²) in [6.07, 6.45) is 0. The molecule has 0 radical (unpaired) electrons. The van der Waals surface area contributed by atoms with Crippen LogP contribution < -0.4 is 9.64 Å². The van der Waals surface area contributed by atoms with Crippen LogP contribution in [-0.2, 0) is 4.79 Å². The van der Waals surface area contributed by atoms with Crippen molar-refractivity contribution in [2.24, 2.45) is 0 Å². The normalized spacial score (nSPS) is 15.4. The Kier molecular flexibility index (Phi) is 6.00. The number of Topliss-reactive ketones (excluding diaryl/α,β-unsaturated/α-hetero) is 1. The molecule has 38 heavy (non-hydrogen) atoms. The van der Waals surface area contributed by atoms with Crippen molar-refractivity contribution in [2.75, 3.05) is 12.0 Å². The van der Waals surface area contributed by atoms with Gasteiger partial charge in [0, 0.05) is 28.2 Å². The summed E-state index contributed by atoms with van der Waals surface area (Å²) in [6, 6.07) is 10.9. The van der Waals surface area contributed by atoms with E-state index in [0.29, 0.717) is 10.4 Å². The lowest BCUT2D eigenvalue weighted by Gasteiger charge is -2.26. The summed E-state index contributed by atoms with van der Waals surface area (Å²) in [4.78, 5) is 38.6. The van der Waals surface area contributed by atoms with Gasteiger partial charge in [-0.05, 0) is 48.0 Å². The highest BCUT2D eigenvalue weighted by atomic mass is 35.5. The van der Waals surface area contributed by atoms with Gasteiger partial charge in [-0.3, -0.25) is 24.6 Å². The Morgan fingerprint density at radius 2 is 1.84 bits per heavy atom. The van der Waals surface area contributed by atoms with E-state index in [1.807, 2.05) is 0 Å². The number of halogens is 2. The van der Waals surface area contributed by atoms with Gasteiger partial charge in [-0.1, -0.05) is 17.7 Å². The predicted molar refractivity (Wildman–Crippen MR) is 133 cm³/mol. The monoisotopic (exact) mass is 538 g/mol. The number of benzene rings is 3. The first-order chi connectivity index (χ1) is 18.1. The van der Waals surface area contributed by atoms with Crippen LogP contribution in [0.3, 0.4) is 0 Å². The van der Waals surface area contributed by atoms with Crippen LogP contribution in [0.5, 0.6) is 11.5 Å². The van der Waals surface area contributed by atoms with Gasteiger partial charge in [-0.15, -0.1) is 0 Å². The number of phenols is 1. The second-order valence-corrected chi connectivity index (χ2v) is 8.72. The molecule has 1 aromatic heterocycles. The Morgan fingerprint density at radius 3 is 2.50 bits per heavy atom. The van der Waals surface area contributed by atoms with E-state index in [0.717, 1.165) is 29.2 Å². The molecule has 5 rings (SSSR count). The first kappa shape index (κ1) is 24.8. The largest absolute Gasteiger partial charge is 0.503 e. The fourth-order valence-corrected chi connectivity index (χ4v) is 4.58. The Morgan fingerprint density at radius 1 is 1.13 bits per heavy atom. The van der Waals surface area contributed by atoms with Gasteiger partial charge in [-0.25, -0.2) is 4.39 Å². The molecule has 0 spiro atoms. The third-order valence-electron chi connectivity index (χ3n) is 6.06. The summed E-state index contributed by atoms with van der Waals surface area (Å²) in [5.74, 6) is -4.09. The van der Waals surface area contributed by atoms with Crippen LogP contribution in [0.1, 0.15) is 22.2 Å². The van der Waals surface area contributed by atoms with E-state index >= 15 is 0 Å². The Balaban J connectivity index is 1.70.